The molecule has 1 fully saturated rings. The van der Waals surface area contributed by atoms with Crippen LogP contribution in [-0.2, 0) is 6.18 Å². The third-order valence-corrected chi connectivity index (χ3v) is 4.43. The second kappa shape index (κ2) is 6.67. The van der Waals surface area contributed by atoms with Gasteiger partial charge in [-0.15, -0.1) is 0 Å². The van der Waals surface area contributed by atoms with E-state index in [9.17, 15) is 18.4 Å². The number of nitriles is 1. The van der Waals surface area contributed by atoms with Crippen molar-refractivity contribution in [3.05, 3.63) is 59.2 Å². The van der Waals surface area contributed by atoms with Crippen LogP contribution in [0.25, 0.3) is 0 Å². The number of hydrogen-bond donors (Lipinski definition) is 0. The van der Waals surface area contributed by atoms with Crippen LogP contribution in [0.5, 0.6) is 0 Å². The molecule has 0 unspecified atom stereocenters. The summed E-state index contributed by atoms with van der Waals surface area (Å²) in [5.41, 5.74) is 2.20. The van der Waals surface area contributed by atoms with Crippen LogP contribution in [0.1, 0.15) is 16.7 Å². The molecule has 1 saturated heterocycles. The first-order valence-corrected chi connectivity index (χ1v) is 8.06. The Morgan fingerprint density at radius 3 is 2.24 bits per heavy atom. The lowest BCUT2D eigenvalue weighted by molar-refractivity contribution is -0.137. The van der Waals surface area contributed by atoms with Crippen molar-refractivity contribution in [2.45, 2.75) is 13.1 Å². The minimum absolute atomic E-state index is 0.275. The summed E-state index contributed by atoms with van der Waals surface area (Å²) >= 11 is 0. The van der Waals surface area contributed by atoms with Crippen LogP contribution in [0.2, 0.25) is 0 Å². The van der Waals surface area contributed by atoms with Gasteiger partial charge < -0.3 is 9.80 Å². The van der Waals surface area contributed by atoms with Gasteiger partial charge in [-0.2, -0.15) is 18.4 Å². The summed E-state index contributed by atoms with van der Waals surface area (Å²) in [7, 11) is 0. The first-order chi connectivity index (χ1) is 11.9. The molecule has 25 heavy (non-hydrogen) atoms. The highest BCUT2D eigenvalue weighted by Crippen LogP contribution is 2.34. The van der Waals surface area contributed by atoms with E-state index < -0.39 is 11.7 Å². The topological polar surface area (TPSA) is 30.3 Å². The van der Waals surface area contributed by atoms with Crippen LogP contribution >= 0.6 is 0 Å². The van der Waals surface area contributed by atoms with Crippen LogP contribution in [-0.4, -0.2) is 26.2 Å². The third-order valence-electron chi connectivity index (χ3n) is 4.43. The molecule has 0 amide bonds. The minimum Gasteiger partial charge on any atom is -0.368 e. The van der Waals surface area contributed by atoms with Crippen molar-refractivity contribution in [3.63, 3.8) is 0 Å². The zero-order valence-corrected chi connectivity index (χ0v) is 13.8. The van der Waals surface area contributed by atoms with Crippen molar-refractivity contribution in [2.75, 3.05) is 36.0 Å². The molecular weight excluding hydrogens is 327 g/mol. The van der Waals surface area contributed by atoms with Crippen molar-refractivity contribution in [1.29, 1.82) is 5.26 Å². The molecule has 0 radical (unpaired) electrons. The number of aryl methyl sites for hydroxylation is 1. The fourth-order valence-electron chi connectivity index (χ4n) is 3.09. The highest BCUT2D eigenvalue weighted by molar-refractivity contribution is 5.62. The zero-order valence-electron chi connectivity index (χ0n) is 13.8. The molecule has 3 nitrogen and oxygen atoms in total. The molecule has 2 aromatic carbocycles. The fraction of sp³-hybridized carbons (Fsp3) is 0.316. The Bertz CT molecular complexity index is 800. The van der Waals surface area contributed by atoms with E-state index in [-0.39, 0.29) is 5.56 Å². The van der Waals surface area contributed by atoms with E-state index in [1.807, 2.05) is 36.1 Å². The summed E-state index contributed by atoms with van der Waals surface area (Å²) in [5, 5.41) is 9.23. The second-order valence-corrected chi connectivity index (χ2v) is 6.15. The molecule has 0 aliphatic carbocycles. The average molecular weight is 345 g/mol. The van der Waals surface area contributed by atoms with Gasteiger partial charge >= 0.3 is 6.18 Å². The van der Waals surface area contributed by atoms with Gasteiger partial charge in [0.1, 0.15) is 6.07 Å². The van der Waals surface area contributed by atoms with E-state index in [1.165, 1.54) is 11.6 Å². The standard InChI is InChI=1S/C19H18F3N3/c1-14-3-2-4-17(11-14)24-7-9-25(10-8-24)18-12-16(19(20,21)22)6-5-15(18)13-23/h2-6,11-12H,7-10H2,1H3. The van der Waals surface area contributed by atoms with E-state index in [0.717, 1.165) is 17.8 Å². The van der Waals surface area contributed by atoms with Crippen molar-refractivity contribution < 1.29 is 13.2 Å². The number of benzene rings is 2. The lowest BCUT2D eigenvalue weighted by Gasteiger charge is -2.38. The SMILES string of the molecule is Cc1cccc(N2CCN(c3cc(C(F)(F)F)ccc3C#N)CC2)c1. The predicted octanol–water partition coefficient (Wildman–Crippen LogP) is 4.21. The molecule has 0 aromatic heterocycles. The van der Waals surface area contributed by atoms with E-state index in [4.69, 9.17) is 0 Å². The average Bonchev–Trinajstić information content (AvgIpc) is 2.60. The summed E-state index contributed by atoms with van der Waals surface area (Å²) in [5.74, 6) is 0. The lowest BCUT2D eigenvalue weighted by Crippen LogP contribution is -2.46. The Kier molecular flexibility index (Phi) is 4.58. The van der Waals surface area contributed by atoms with Gasteiger partial charge in [0.15, 0.2) is 0 Å². The molecule has 0 saturated carbocycles. The van der Waals surface area contributed by atoms with Gasteiger partial charge in [0.25, 0.3) is 0 Å². The minimum atomic E-state index is -4.41. The Morgan fingerprint density at radius 1 is 0.960 bits per heavy atom. The molecule has 130 valence electrons. The smallest absolute Gasteiger partial charge is 0.368 e. The summed E-state index contributed by atoms with van der Waals surface area (Å²) in [4.78, 5) is 4.07. The van der Waals surface area contributed by atoms with Gasteiger partial charge in [0.2, 0.25) is 0 Å². The zero-order chi connectivity index (χ0) is 18.0. The number of nitrogens with zero attached hydrogens (tertiary/aromatic N) is 3. The summed E-state index contributed by atoms with van der Waals surface area (Å²) < 4.78 is 38.9. The monoisotopic (exact) mass is 345 g/mol. The quantitative estimate of drug-likeness (QED) is 0.817. The van der Waals surface area contributed by atoms with Crippen LogP contribution in [0, 0.1) is 18.3 Å². The molecule has 0 spiro atoms. The predicted molar refractivity (Wildman–Crippen MR) is 91.8 cm³/mol. The van der Waals surface area contributed by atoms with Crippen molar-refractivity contribution >= 4 is 11.4 Å². The molecule has 1 aliphatic rings. The van der Waals surface area contributed by atoms with Crippen LogP contribution in [0.4, 0.5) is 24.5 Å². The lowest BCUT2D eigenvalue weighted by atomic mass is 10.1. The molecular formula is C19H18F3N3. The largest absolute Gasteiger partial charge is 0.416 e. The molecule has 0 atom stereocenters. The van der Waals surface area contributed by atoms with Gasteiger partial charge in [-0.1, -0.05) is 12.1 Å². The normalized spacial score (nSPS) is 15.2. The molecule has 3 rings (SSSR count). The molecule has 1 aliphatic heterocycles. The first kappa shape index (κ1) is 17.2. The number of hydrogen-bond acceptors (Lipinski definition) is 3. The maximum Gasteiger partial charge on any atom is 0.416 e. The van der Waals surface area contributed by atoms with Gasteiger partial charge in [-0.25, -0.2) is 0 Å². The van der Waals surface area contributed by atoms with E-state index in [1.54, 1.807) is 0 Å². The maximum atomic E-state index is 13.0. The highest BCUT2D eigenvalue weighted by Gasteiger charge is 2.32. The number of alkyl halides is 3. The van der Waals surface area contributed by atoms with Crippen molar-refractivity contribution in [3.8, 4) is 6.07 Å². The van der Waals surface area contributed by atoms with Crippen LogP contribution in [0.3, 0.4) is 0 Å². The third kappa shape index (κ3) is 3.71. The van der Waals surface area contributed by atoms with Gasteiger partial charge in [0, 0.05) is 31.9 Å². The molecule has 0 bridgehead atoms. The Hall–Kier alpha value is -2.68. The summed E-state index contributed by atoms with van der Waals surface area (Å²) in [6.45, 7) is 4.57. The van der Waals surface area contributed by atoms with Crippen LogP contribution < -0.4 is 9.80 Å². The Labute approximate surface area is 144 Å². The summed E-state index contributed by atoms with van der Waals surface area (Å²) in [6, 6.07) is 13.5. The maximum absolute atomic E-state index is 13.0. The van der Waals surface area contributed by atoms with E-state index >= 15 is 0 Å². The number of halogens is 3. The van der Waals surface area contributed by atoms with Crippen molar-refractivity contribution in [2.24, 2.45) is 0 Å². The molecule has 2 aromatic rings. The summed E-state index contributed by atoms with van der Waals surface area (Å²) in [6.07, 6.45) is -4.41. The van der Waals surface area contributed by atoms with Gasteiger partial charge in [-0.3, -0.25) is 0 Å². The molecule has 6 heteroatoms. The fourth-order valence-corrected chi connectivity index (χ4v) is 3.09. The molecule has 0 N–H and O–H groups in total. The second-order valence-electron chi connectivity index (χ2n) is 6.15. The van der Waals surface area contributed by atoms with Crippen LogP contribution in [0.15, 0.2) is 42.5 Å². The number of piperazine rings is 1. The Morgan fingerprint density at radius 2 is 1.64 bits per heavy atom. The van der Waals surface area contributed by atoms with Gasteiger partial charge in [0.05, 0.1) is 16.8 Å². The number of rotatable bonds is 2. The first-order valence-electron chi connectivity index (χ1n) is 8.06. The molecule has 1 heterocycles. The highest BCUT2D eigenvalue weighted by atomic mass is 19.4. The van der Waals surface area contributed by atoms with E-state index in [2.05, 4.69) is 11.0 Å². The van der Waals surface area contributed by atoms with E-state index in [0.29, 0.717) is 31.9 Å². The van der Waals surface area contributed by atoms with Crippen molar-refractivity contribution in [1.82, 2.24) is 0 Å². The van der Waals surface area contributed by atoms with Gasteiger partial charge in [-0.05, 0) is 42.8 Å². The number of anilines is 2. The Balaban J connectivity index is 1.80.